The molecule has 1 saturated heterocycles. The first kappa shape index (κ1) is 27.8. The minimum absolute atomic E-state index is 0.00608. The largest absolute Gasteiger partial charge is 0.423 e. The Labute approximate surface area is 224 Å². The second-order valence-electron chi connectivity index (χ2n) is 9.96. The summed E-state index contributed by atoms with van der Waals surface area (Å²) in [6.07, 6.45) is -1.66. The van der Waals surface area contributed by atoms with Crippen LogP contribution in [0.2, 0.25) is 5.02 Å². The van der Waals surface area contributed by atoms with Crippen molar-refractivity contribution in [1.82, 2.24) is 9.80 Å². The maximum absolute atomic E-state index is 13.3. The van der Waals surface area contributed by atoms with E-state index < -0.39 is 22.4 Å². The number of anilines is 2. The number of carbonyl (C=O) groups is 1. The third kappa shape index (κ3) is 6.80. The van der Waals surface area contributed by atoms with Gasteiger partial charge in [-0.3, -0.25) is 10.1 Å². The zero-order valence-corrected chi connectivity index (χ0v) is 21.8. The van der Waals surface area contributed by atoms with Crippen molar-refractivity contribution in [2.24, 2.45) is 5.92 Å². The minimum Gasteiger partial charge on any atom is -0.382 e. The van der Waals surface area contributed by atoms with Gasteiger partial charge in [-0.15, -0.1) is 0 Å². The second kappa shape index (κ2) is 11.7. The number of nitrogens with zero attached hydrogens (tertiary/aromatic N) is 4. The Bertz CT molecular complexity index is 1130. The Kier molecular flexibility index (Phi) is 8.54. The Morgan fingerprint density at radius 2 is 1.71 bits per heavy atom. The summed E-state index contributed by atoms with van der Waals surface area (Å²) in [5.41, 5.74) is -0.902. The highest BCUT2D eigenvalue weighted by atomic mass is 35.5. The number of rotatable bonds is 6. The van der Waals surface area contributed by atoms with Gasteiger partial charge in [0.15, 0.2) is 0 Å². The quantitative estimate of drug-likeness (QED) is 0.345. The van der Waals surface area contributed by atoms with Crippen LogP contribution in [0.5, 0.6) is 0 Å². The van der Waals surface area contributed by atoms with Crippen LogP contribution in [0.25, 0.3) is 0 Å². The van der Waals surface area contributed by atoms with Crippen molar-refractivity contribution in [2.45, 2.75) is 37.9 Å². The van der Waals surface area contributed by atoms with Gasteiger partial charge in [0.2, 0.25) is 0 Å². The Morgan fingerprint density at radius 3 is 2.29 bits per heavy atom. The molecule has 1 aliphatic heterocycles. The molecule has 206 valence electrons. The van der Waals surface area contributed by atoms with E-state index in [9.17, 15) is 28.1 Å². The van der Waals surface area contributed by atoms with Gasteiger partial charge in [0.05, 0.1) is 4.92 Å². The van der Waals surface area contributed by atoms with Crippen molar-refractivity contribution in [3.63, 3.8) is 0 Å². The molecule has 4 rings (SSSR count). The van der Waals surface area contributed by atoms with E-state index in [2.05, 4.69) is 10.2 Å². The van der Waals surface area contributed by atoms with Gasteiger partial charge in [-0.05, 0) is 68.0 Å². The molecule has 0 radical (unpaired) electrons. The number of alkyl halides is 3. The maximum Gasteiger partial charge on any atom is 0.423 e. The number of carbonyl (C=O) groups excluding carboxylic acids is 1. The molecule has 2 aliphatic rings. The molecule has 1 saturated carbocycles. The zero-order valence-electron chi connectivity index (χ0n) is 21.1. The maximum atomic E-state index is 13.3. The number of amides is 2. The van der Waals surface area contributed by atoms with E-state index in [4.69, 9.17) is 11.6 Å². The molecule has 1 aliphatic carbocycles. The van der Waals surface area contributed by atoms with Crippen LogP contribution in [-0.2, 0) is 6.18 Å². The number of nitrogens with one attached hydrogen (secondary N) is 1. The molecule has 2 aromatic rings. The summed E-state index contributed by atoms with van der Waals surface area (Å²) in [7, 11) is 1.81. The monoisotopic (exact) mass is 553 g/mol. The van der Waals surface area contributed by atoms with Gasteiger partial charge < -0.3 is 20.0 Å². The molecular formula is C26H31ClF3N5O3. The SMILES string of the molecule is CN(CC1CCC(Nc2ccc([N+](=O)[O-])c(C(F)(F)F)c2)CC1)C(=O)N1CCN(c2ccc(Cl)cc2)CC1. The van der Waals surface area contributed by atoms with Gasteiger partial charge in [0.25, 0.3) is 5.69 Å². The Hall–Kier alpha value is -3.21. The lowest BCUT2D eigenvalue weighted by Gasteiger charge is -2.39. The predicted octanol–water partition coefficient (Wildman–Crippen LogP) is 6.11. The molecule has 38 heavy (non-hydrogen) atoms. The first-order valence-corrected chi connectivity index (χ1v) is 13.0. The number of halogens is 4. The van der Waals surface area contributed by atoms with E-state index in [1.807, 2.05) is 36.2 Å². The van der Waals surface area contributed by atoms with Crippen LogP contribution in [0, 0.1) is 16.0 Å². The second-order valence-corrected chi connectivity index (χ2v) is 10.4. The van der Waals surface area contributed by atoms with Gasteiger partial charge >= 0.3 is 12.2 Å². The summed E-state index contributed by atoms with van der Waals surface area (Å²) in [6, 6.07) is 10.7. The lowest BCUT2D eigenvalue weighted by Crippen LogP contribution is -2.52. The average molecular weight is 554 g/mol. The standard InChI is InChI=1S/C26H31ClF3N5O3/c1-32(25(36)34-14-12-33(13-15-34)22-9-4-19(27)5-10-22)17-18-2-6-20(7-3-18)31-21-8-11-24(35(37)38)23(16-21)26(28,29)30/h4-5,8-11,16,18,20,31H,2-3,6-7,12-15,17H2,1H3. The predicted molar refractivity (Wildman–Crippen MR) is 141 cm³/mol. The van der Waals surface area contributed by atoms with E-state index in [0.29, 0.717) is 30.6 Å². The fourth-order valence-corrected chi connectivity index (χ4v) is 5.38. The molecule has 0 aromatic heterocycles. The van der Waals surface area contributed by atoms with E-state index in [1.54, 1.807) is 4.90 Å². The van der Waals surface area contributed by atoms with Crippen LogP contribution in [0.1, 0.15) is 31.2 Å². The molecule has 8 nitrogen and oxygen atoms in total. The van der Waals surface area contributed by atoms with Crippen LogP contribution in [0.15, 0.2) is 42.5 Å². The normalized spacial score (nSPS) is 20.2. The van der Waals surface area contributed by atoms with Crippen molar-refractivity contribution >= 4 is 34.7 Å². The first-order valence-electron chi connectivity index (χ1n) is 12.6. The summed E-state index contributed by atoms with van der Waals surface area (Å²) >= 11 is 5.97. The van der Waals surface area contributed by atoms with Crippen LogP contribution in [0.4, 0.5) is 35.0 Å². The average Bonchev–Trinajstić information content (AvgIpc) is 2.89. The van der Waals surface area contributed by atoms with Crippen LogP contribution >= 0.6 is 11.6 Å². The minimum atomic E-state index is -4.81. The Morgan fingerprint density at radius 1 is 1.08 bits per heavy atom. The summed E-state index contributed by atoms with van der Waals surface area (Å²) in [5.74, 6) is 0.306. The molecule has 1 heterocycles. The lowest BCUT2D eigenvalue weighted by molar-refractivity contribution is -0.388. The zero-order chi connectivity index (χ0) is 27.4. The molecule has 0 spiro atoms. The smallest absolute Gasteiger partial charge is 0.382 e. The number of hydrogen-bond acceptors (Lipinski definition) is 5. The van der Waals surface area contributed by atoms with Crippen molar-refractivity contribution in [3.8, 4) is 0 Å². The van der Waals surface area contributed by atoms with E-state index in [-0.39, 0.29) is 17.8 Å². The number of urea groups is 1. The number of hydrogen-bond donors (Lipinski definition) is 1. The fourth-order valence-electron chi connectivity index (χ4n) is 5.25. The number of piperazine rings is 1. The molecule has 2 fully saturated rings. The van der Waals surface area contributed by atoms with E-state index in [0.717, 1.165) is 56.6 Å². The highest BCUT2D eigenvalue weighted by Crippen LogP contribution is 2.38. The first-order chi connectivity index (χ1) is 18.0. The number of nitro benzene ring substituents is 1. The van der Waals surface area contributed by atoms with Gasteiger partial charge in [-0.25, -0.2) is 4.79 Å². The van der Waals surface area contributed by atoms with Crippen LogP contribution in [-0.4, -0.2) is 66.6 Å². The highest BCUT2D eigenvalue weighted by Gasteiger charge is 2.38. The Balaban J connectivity index is 1.23. The molecule has 1 N–H and O–H groups in total. The van der Waals surface area contributed by atoms with Crippen molar-refractivity contribution < 1.29 is 22.9 Å². The van der Waals surface area contributed by atoms with Crippen molar-refractivity contribution in [2.75, 3.05) is 50.0 Å². The van der Waals surface area contributed by atoms with E-state index in [1.165, 1.54) is 6.07 Å². The van der Waals surface area contributed by atoms with Gasteiger partial charge in [-0.1, -0.05) is 11.6 Å². The van der Waals surface area contributed by atoms with Crippen LogP contribution in [0.3, 0.4) is 0 Å². The van der Waals surface area contributed by atoms with E-state index >= 15 is 0 Å². The summed E-state index contributed by atoms with van der Waals surface area (Å²) < 4.78 is 39.8. The third-order valence-corrected chi connectivity index (χ3v) is 7.57. The molecular weight excluding hydrogens is 523 g/mol. The molecule has 0 unspecified atom stereocenters. The molecule has 12 heteroatoms. The van der Waals surface area contributed by atoms with Gasteiger partial charge in [0.1, 0.15) is 5.56 Å². The van der Waals surface area contributed by atoms with Gasteiger partial charge in [-0.2, -0.15) is 13.2 Å². The molecule has 0 bridgehead atoms. The number of nitro groups is 1. The molecule has 2 aromatic carbocycles. The summed E-state index contributed by atoms with van der Waals surface area (Å²) in [4.78, 5) is 28.8. The summed E-state index contributed by atoms with van der Waals surface area (Å²) in [5, 5.41) is 14.8. The topological polar surface area (TPSA) is 82.0 Å². The molecule has 0 atom stereocenters. The third-order valence-electron chi connectivity index (χ3n) is 7.32. The van der Waals surface area contributed by atoms with Crippen molar-refractivity contribution in [3.05, 3.63) is 63.2 Å². The summed E-state index contributed by atoms with van der Waals surface area (Å²) in [6.45, 7) is 3.39. The molecule has 2 amide bonds. The highest BCUT2D eigenvalue weighted by molar-refractivity contribution is 6.30. The van der Waals surface area contributed by atoms with Crippen molar-refractivity contribution in [1.29, 1.82) is 0 Å². The van der Waals surface area contributed by atoms with Gasteiger partial charge in [0, 0.05) is 68.3 Å². The number of benzene rings is 2. The van der Waals surface area contributed by atoms with Crippen LogP contribution < -0.4 is 10.2 Å². The fraction of sp³-hybridized carbons (Fsp3) is 0.500. The lowest BCUT2D eigenvalue weighted by atomic mass is 9.85.